The fraction of sp³-hybridized carbons (Fsp3) is 0.238. The summed E-state index contributed by atoms with van der Waals surface area (Å²) in [4.78, 5) is 18.8. The Labute approximate surface area is 168 Å². The van der Waals surface area contributed by atoms with E-state index in [0.29, 0.717) is 5.69 Å². The minimum Gasteiger partial charge on any atom is -0.308 e. The molecule has 1 aromatic heterocycles. The van der Waals surface area contributed by atoms with Gasteiger partial charge in [-0.2, -0.15) is 0 Å². The molecule has 2 aromatic carbocycles. The molecule has 7 heteroatoms. The molecule has 0 bridgehead atoms. The van der Waals surface area contributed by atoms with E-state index < -0.39 is 15.6 Å². The SMILES string of the molecule is C[C@H]1Cc2ccccc2N1C(=O)CS(=O)(=O)Cc1csc(-c2ccccc2)n1. The second-order valence-electron chi connectivity index (χ2n) is 6.99. The van der Waals surface area contributed by atoms with Gasteiger partial charge in [-0.05, 0) is 25.0 Å². The zero-order valence-electron chi connectivity index (χ0n) is 15.4. The molecule has 1 amide bonds. The fourth-order valence-corrected chi connectivity index (χ4v) is 5.71. The molecule has 0 spiro atoms. The summed E-state index contributed by atoms with van der Waals surface area (Å²) in [6, 6.07) is 17.2. The molecule has 1 aliphatic heterocycles. The number of para-hydroxylation sites is 1. The van der Waals surface area contributed by atoms with Crippen molar-refractivity contribution >= 4 is 32.8 Å². The van der Waals surface area contributed by atoms with Gasteiger partial charge in [-0.3, -0.25) is 4.79 Å². The Morgan fingerprint density at radius 1 is 1.14 bits per heavy atom. The number of anilines is 1. The summed E-state index contributed by atoms with van der Waals surface area (Å²) in [5, 5.41) is 2.53. The molecule has 28 heavy (non-hydrogen) atoms. The van der Waals surface area contributed by atoms with Crippen molar-refractivity contribution in [3.8, 4) is 10.6 Å². The number of fused-ring (bicyclic) bond motifs is 1. The second-order valence-corrected chi connectivity index (χ2v) is 9.91. The Morgan fingerprint density at radius 2 is 1.86 bits per heavy atom. The van der Waals surface area contributed by atoms with Crippen molar-refractivity contribution in [2.75, 3.05) is 10.7 Å². The molecule has 0 aliphatic carbocycles. The van der Waals surface area contributed by atoms with E-state index in [1.807, 2.05) is 61.5 Å². The molecular weight excluding hydrogens is 392 g/mol. The van der Waals surface area contributed by atoms with E-state index in [0.717, 1.165) is 28.2 Å². The highest BCUT2D eigenvalue weighted by Crippen LogP contribution is 2.32. The van der Waals surface area contributed by atoms with Crippen LogP contribution in [0.1, 0.15) is 18.2 Å². The Bertz CT molecular complexity index is 1110. The van der Waals surface area contributed by atoms with Crippen molar-refractivity contribution in [1.29, 1.82) is 0 Å². The largest absolute Gasteiger partial charge is 0.308 e. The molecule has 0 saturated heterocycles. The van der Waals surface area contributed by atoms with Crippen LogP contribution in [0.4, 0.5) is 5.69 Å². The number of amides is 1. The third-order valence-electron chi connectivity index (χ3n) is 4.76. The van der Waals surface area contributed by atoms with Crippen LogP contribution in [0, 0.1) is 0 Å². The molecule has 0 N–H and O–H groups in total. The zero-order chi connectivity index (χ0) is 19.7. The number of carbonyl (C=O) groups is 1. The third kappa shape index (κ3) is 3.86. The number of hydrogen-bond donors (Lipinski definition) is 0. The summed E-state index contributed by atoms with van der Waals surface area (Å²) in [7, 11) is -3.61. The van der Waals surface area contributed by atoms with Gasteiger partial charge in [0, 0.05) is 22.7 Å². The van der Waals surface area contributed by atoms with Gasteiger partial charge in [-0.25, -0.2) is 13.4 Å². The van der Waals surface area contributed by atoms with Gasteiger partial charge in [0.25, 0.3) is 0 Å². The summed E-state index contributed by atoms with van der Waals surface area (Å²) < 4.78 is 25.3. The first-order chi connectivity index (χ1) is 13.4. The molecule has 0 unspecified atom stereocenters. The fourth-order valence-electron chi connectivity index (χ4n) is 3.57. The number of hydrogen-bond acceptors (Lipinski definition) is 5. The third-order valence-corrected chi connectivity index (χ3v) is 7.12. The molecule has 144 valence electrons. The zero-order valence-corrected chi connectivity index (χ0v) is 17.0. The Hall–Kier alpha value is -2.51. The van der Waals surface area contributed by atoms with Gasteiger partial charge in [0.1, 0.15) is 10.8 Å². The van der Waals surface area contributed by atoms with Crippen LogP contribution in [-0.4, -0.2) is 31.1 Å². The maximum atomic E-state index is 12.8. The highest BCUT2D eigenvalue weighted by atomic mass is 32.2. The molecule has 2 heterocycles. The van der Waals surface area contributed by atoms with Crippen LogP contribution in [0.5, 0.6) is 0 Å². The molecule has 1 aliphatic rings. The van der Waals surface area contributed by atoms with Gasteiger partial charge in [0.15, 0.2) is 9.84 Å². The van der Waals surface area contributed by atoms with Crippen molar-refractivity contribution in [3.63, 3.8) is 0 Å². The van der Waals surface area contributed by atoms with Crippen LogP contribution in [0.25, 0.3) is 10.6 Å². The first-order valence-electron chi connectivity index (χ1n) is 9.03. The van der Waals surface area contributed by atoms with E-state index in [1.165, 1.54) is 11.3 Å². The van der Waals surface area contributed by atoms with E-state index in [4.69, 9.17) is 0 Å². The number of aromatic nitrogens is 1. The van der Waals surface area contributed by atoms with E-state index >= 15 is 0 Å². The monoisotopic (exact) mass is 412 g/mol. The Kier molecular flexibility index (Phi) is 5.03. The van der Waals surface area contributed by atoms with Crippen LogP contribution in [0.3, 0.4) is 0 Å². The van der Waals surface area contributed by atoms with Gasteiger partial charge in [-0.1, -0.05) is 48.5 Å². The molecule has 1 atom stereocenters. The standard InChI is InChI=1S/C21H20N2O3S2/c1-15-11-17-9-5-6-10-19(17)23(15)20(24)14-28(25,26)13-18-12-27-21(22-18)16-7-3-2-4-8-16/h2-10,12,15H,11,13-14H2,1H3/t15-/m0/s1. The molecule has 3 aromatic rings. The van der Waals surface area contributed by atoms with Crippen molar-refractivity contribution < 1.29 is 13.2 Å². The molecule has 0 radical (unpaired) electrons. The molecule has 0 fully saturated rings. The minimum atomic E-state index is -3.61. The quantitative estimate of drug-likeness (QED) is 0.641. The van der Waals surface area contributed by atoms with Gasteiger partial charge in [-0.15, -0.1) is 11.3 Å². The lowest BCUT2D eigenvalue weighted by Gasteiger charge is -2.22. The van der Waals surface area contributed by atoms with E-state index in [-0.39, 0.29) is 17.7 Å². The average Bonchev–Trinajstić information content (AvgIpc) is 3.24. The predicted octanol–water partition coefficient (Wildman–Crippen LogP) is 3.70. The van der Waals surface area contributed by atoms with Crippen LogP contribution in [0.15, 0.2) is 60.0 Å². The van der Waals surface area contributed by atoms with Gasteiger partial charge in [0.05, 0.1) is 11.4 Å². The molecular formula is C21H20N2O3S2. The van der Waals surface area contributed by atoms with Crippen molar-refractivity contribution in [2.45, 2.75) is 25.1 Å². The average molecular weight is 413 g/mol. The normalized spacial score (nSPS) is 16.2. The summed E-state index contributed by atoms with van der Waals surface area (Å²) in [6.07, 6.45) is 0.745. The second kappa shape index (κ2) is 7.48. The summed E-state index contributed by atoms with van der Waals surface area (Å²) in [5.41, 5.74) is 3.32. The number of sulfone groups is 1. The van der Waals surface area contributed by atoms with Crippen LogP contribution in [-0.2, 0) is 26.8 Å². The lowest BCUT2D eigenvalue weighted by molar-refractivity contribution is -0.116. The van der Waals surface area contributed by atoms with Crippen LogP contribution in [0.2, 0.25) is 0 Å². The van der Waals surface area contributed by atoms with E-state index in [2.05, 4.69) is 4.98 Å². The topological polar surface area (TPSA) is 67.3 Å². The summed E-state index contributed by atoms with van der Waals surface area (Å²) in [6.45, 7) is 1.94. The van der Waals surface area contributed by atoms with E-state index in [9.17, 15) is 13.2 Å². The van der Waals surface area contributed by atoms with Gasteiger partial charge >= 0.3 is 0 Å². The predicted molar refractivity (Wildman–Crippen MR) is 112 cm³/mol. The number of benzene rings is 2. The smallest absolute Gasteiger partial charge is 0.242 e. The van der Waals surface area contributed by atoms with Crippen molar-refractivity contribution in [3.05, 3.63) is 71.2 Å². The van der Waals surface area contributed by atoms with Crippen LogP contribution < -0.4 is 4.90 Å². The van der Waals surface area contributed by atoms with Crippen LogP contribution >= 0.6 is 11.3 Å². The number of rotatable bonds is 5. The highest BCUT2D eigenvalue weighted by Gasteiger charge is 2.33. The number of thiazole rings is 1. The number of carbonyl (C=O) groups excluding carboxylic acids is 1. The Morgan fingerprint density at radius 3 is 2.64 bits per heavy atom. The first-order valence-corrected chi connectivity index (χ1v) is 11.7. The lowest BCUT2D eigenvalue weighted by atomic mass is 10.1. The van der Waals surface area contributed by atoms with E-state index in [1.54, 1.807) is 10.3 Å². The van der Waals surface area contributed by atoms with Crippen molar-refractivity contribution in [2.24, 2.45) is 0 Å². The summed E-state index contributed by atoms with van der Waals surface area (Å²) >= 11 is 1.41. The van der Waals surface area contributed by atoms with Gasteiger partial charge in [0.2, 0.25) is 5.91 Å². The minimum absolute atomic E-state index is 0.0379. The first kappa shape index (κ1) is 18.8. The molecule has 5 nitrogen and oxygen atoms in total. The number of nitrogens with zero attached hydrogens (tertiary/aromatic N) is 2. The maximum Gasteiger partial charge on any atom is 0.242 e. The van der Waals surface area contributed by atoms with Crippen molar-refractivity contribution in [1.82, 2.24) is 4.98 Å². The van der Waals surface area contributed by atoms with Gasteiger partial charge < -0.3 is 4.90 Å². The lowest BCUT2D eigenvalue weighted by Crippen LogP contribution is -2.39. The molecule has 0 saturated carbocycles. The molecule has 4 rings (SSSR count). The summed E-state index contributed by atoms with van der Waals surface area (Å²) in [5.74, 6) is -1.12. The maximum absolute atomic E-state index is 12.8. The Balaban J connectivity index is 1.48. The highest BCUT2D eigenvalue weighted by molar-refractivity contribution is 7.91.